The first-order valence-corrected chi connectivity index (χ1v) is 8.64. The second-order valence-corrected chi connectivity index (χ2v) is 7.18. The molecule has 0 radical (unpaired) electrons. The van der Waals surface area contributed by atoms with Gasteiger partial charge in [-0.05, 0) is 35.9 Å². The number of halogens is 4. The molecule has 2 aromatic rings. The molecule has 3 rings (SSSR count). The van der Waals surface area contributed by atoms with Crippen LogP contribution in [0.15, 0.2) is 36.4 Å². The van der Waals surface area contributed by atoms with E-state index < -0.39 is 0 Å². The zero-order chi connectivity index (χ0) is 17.4. The summed E-state index contributed by atoms with van der Waals surface area (Å²) in [4.78, 5) is 26.2. The van der Waals surface area contributed by atoms with Crippen LogP contribution in [0.25, 0.3) is 0 Å². The number of imide groups is 1. The standard InChI is InChI=1S/C17H11Cl4NO2/c18-10-6-11(19)8-12(7-10)22-15(23)4-9(5-16(22)24)17-13(20)2-1-3-14(17)21/h1-3,6-9H,4-5H2. The normalized spacial score (nSPS) is 15.9. The first-order chi connectivity index (χ1) is 11.4. The number of benzene rings is 2. The summed E-state index contributed by atoms with van der Waals surface area (Å²) < 4.78 is 0. The number of nitrogens with zero attached hydrogens (tertiary/aromatic N) is 1. The Labute approximate surface area is 159 Å². The molecule has 1 aliphatic heterocycles. The summed E-state index contributed by atoms with van der Waals surface area (Å²) in [6, 6.07) is 9.72. The topological polar surface area (TPSA) is 37.4 Å². The number of anilines is 1. The van der Waals surface area contributed by atoms with Crippen LogP contribution in [0.1, 0.15) is 24.3 Å². The van der Waals surface area contributed by atoms with E-state index in [2.05, 4.69) is 0 Å². The minimum Gasteiger partial charge on any atom is -0.274 e. The van der Waals surface area contributed by atoms with Crippen LogP contribution >= 0.6 is 46.4 Å². The highest BCUT2D eigenvalue weighted by molar-refractivity contribution is 6.37. The number of hydrogen-bond acceptors (Lipinski definition) is 2. The fourth-order valence-electron chi connectivity index (χ4n) is 2.88. The molecule has 0 unspecified atom stereocenters. The van der Waals surface area contributed by atoms with Gasteiger partial charge in [0.15, 0.2) is 0 Å². The third-order valence-corrected chi connectivity index (χ3v) is 4.95. The molecule has 0 spiro atoms. The predicted molar refractivity (Wildman–Crippen MR) is 97.4 cm³/mol. The van der Waals surface area contributed by atoms with Crippen molar-refractivity contribution in [2.24, 2.45) is 0 Å². The van der Waals surface area contributed by atoms with Crippen LogP contribution in [-0.4, -0.2) is 11.8 Å². The largest absolute Gasteiger partial charge is 0.274 e. The number of carbonyl (C=O) groups is 2. The molecule has 0 saturated carbocycles. The number of hydrogen-bond donors (Lipinski definition) is 0. The minimum absolute atomic E-state index is 0.124. The fraction of sp³-hybridized carbons (Fsp3) is 0.176. The summed E-state index contributed by atoms with van der Waals surface area (Å²) in [6.07, 6.45) is 0.249. The summed E-state index contributed by atoms with van der Waals surface area (Å²) in [5, 5.41) is 1.61. The molecular weight excluding hydrogens is 392 g/mol. The first kappa shape index (κ1) is 17.6. The second kappa shape index (κ2) is 6.93. The molecule has 7 heteroatoms. The molecule has 0 atom stereocenters. The van der Waals surface area contributed by atoms with Gasteiger partial charge in [-0.2, -0.15) is 0 Å². The average molecular weight is 403 g/mol. The van der Waals surface area contributed by atoms with E-state index >= 15 is 0 Å². The van der Waals surface area contributed by atoms with Gasteiger partial charge in [0.2, 0.25) is 11.8 Å². The van der Waals surface area contributed by atoms with Crippen LogP contribution < -0.4 is 4.90 Å². The van der Waals surface area contributed by atoms with Gasteiger partial charge in [-0.15, -0.1) is 0 Å². The molecule has 1 saturated heterocycles. The zero-order valence-electron chi connectivity index (χ0n) is 12.2. The Kier molecular flexibility index (Phi) is 5.07. The molecule has 1 aliphatic rings. The Morgan fingerprint density at radius 2 is 1.33 bits per heavy atom. The van der Waals surface area contributed by atoms with E-state index in [4.69, 9.17) is 46.4 Å². The van der Waals surface area contributed by atoms with Crippen LogP contribution in [0, 0.1) is 0 Å². The van der Waals surface area contributed by atoms with E-state index in [0.717, 1.165) is 4.90 Å². The Bertz CT molecular complexity index is 779. The van der Waals surface area contributed by atoms with Crippen molar-refractivity contribution in [1.29, 1.82) is 0 Å². The maximum absolute atomic E-state index is 12.6. The van der Waals surface area contributed by atoms with Crippen molar-refractivity contribution in [2.45, 2.75) is 18.8 Å². The lowest BCUT2D eigenvalue weighted by Gasteiger charge is -2.31. The monoisotopic (exact) mass is 401 g/mol. The van der Waals surface area contributed by atoms with Gasteiger partial charge in [0.05, 0.1) is 5.69 Å². The molecule has 0 N–H and O–H groups in total. The molecule has 1 heterocycles. The third-order valence-electron chi connectivity index (χ3n) is 3.85. The van der Waals surface area contributed by atoms with Gasteiger partial charge in [0, 0.05) is 38.9 Å². The number of amides is 2. The van der Waals surface area contributed by atoms with Crippen molar-refractivity contribution >= 4 is 63.9 Å². The number of piperidine rings is 1. The fourth-order valence-corrected chi connectivity index (χ4v) is 4.10. The summed E-state index contributed by atoms with van der Waals surface area (Å²) in [5.41, 5.74) is 0.998. The highest BCUT2D eigenvalue weighted by Gasteiger charge is 2.36. The van der Waals surface area contributed by atoms with Gasteiger partial charge < -0.3 is 0 Å². The van der Waals surface area contributed by atoms with E-state index in [9.17, 15) is 9.59 Å². The summed E-state index contributed by atoms with van der Waals surface area (Å²) in [7, 11) is 0. The van der Waals surface area contributed by atoms with Crippen molar-refractivity contribution in [2.75, 3.05) is 4.90 Å². The van der Waals surface area contributed by atoms with E-state index in [1.54, 1.807) is 18.2 Å². The lowest BCUT2D eigenvalue weighted by atomic mass is 9.88. The smallest absolute Gasteiger partial charge is 0.234 e. The van der Waals surface area contributed by atoms with Crippen molar-refractivity contribution in [1.82, 2.24) is 0 Å². The molecule has 2 aromatic carbocycles. The van der Waals surface area contributed by atoms with Gasteiger partial charge >= 0.3 is 0 Å². The van der Waals surface area contributed by atoms with Crippen molar-refractivity contribution < 1.29 is 9.59 Å². The van der Waals surface area contributed by atoms with Crippen molar-refractivity contribution in [3.05, 3.63) is 62.1 Å². The van der Waals surface area contributed by atoms with Gasteiger partial charge in [0.1, 0.15) is 0 Å². The van der Waals surface area contributed by atoms with E-state index in [1.165, 1.54) is 18.2 Å². The first-order valence-electron chi connectivity index (χ1n) is 7.12. The van der Waals surface area contributed by atoms with E-state index in [0.29, 0.717) is 31.3 Å². The molecule has 24 heavy (non-hydrogen) atoms. The van der Waals surface area contributed by atoms with Crippen LogP contribution in [0.3, 0.4) is 0 Å². The Balaban J connectivity index is 1.93. The Morgan fingerprint density at radius 1 is 0.833 bits per heavy atom. The summed E-state index contributed by atoms with van der Waals surface area (Å²) >= 11 is 24.3. The summed E-state index contributed by atoms with van der Waals surface area (Å²) in [6.45, 7) is 0. The van der Waals surface area contributed by atoms with Crippen molar-refractivity contribution in [3.63, 3.8) is 0 Å². The molecule has 0 bridgehead atoms. The van der Waals surface area contributed by atoms with Crippen LogP contribution in [0.5, 0.6) is 0 Å². The zero-order valence-corrected chi connectivity index (χ0v) is 15.3. The number of carbonyl (C=O) groups excluding carboxylic acids is 2. The highest BCUT2D eigenvalue weighted by Crippen LogP contribution is 2.39. The highest BCUT2D eigenvalue weighted by atomic mass is 35.5. The van der Waals surface area contributed by atoms with Gasteiger partial charge in [0.25, 0.3) is 0 Å². The second-order valence-electron chi connectivity index (χ2n) is 5.49. The third kappa shape index (κ3) is 3.40. The van der Waals surface area contributed by atoms with Gasteiger partial charge in [-0.3, -0.25) is 14.5 Å². The van der Waals surface area contributed by atoms with Crippen LogP contribution in [0.4, 0.5) is 5.69 Å². The van der Waals surface area contributed by atoms with Gasteiger partial charge in [-0.25, -0.2) is 0 Å². The average Bonchev–Trinajstić information content (AvgIpc) is 2.45. The molecule has 3 nitrogen and oxygen atoms in total. The van der Waals surface area contributed by atoms with E-state index in [1.807, 2.05) is 0 Å². The van der Waals surface area contributed by atoms with Gasteiger partial charge in [-0.1, -0.05) is 52.5 Å². The van der Waals surface area contributed by atoms with Crippen LogP contribution in [-0.2, 0) is 9.59 Å². The predicted octanol–water partition coefficient (Wildman–Crippen LogP) is 5.74. The quantitative estimate of drug-likeness (QED) is 0.600. The molecular formula is C17H11Cl4NO2. The summed E-state index contributed by atoms with van der Waals surface area (Å²) in [5.74, 6) is -1.03. The lowest BCUT2D eigenvalue weighted by molar-refractivity contribution is -0.129. The number of rotatable bonds is 2. The lowest BCUT2D eigenvalue weighted by Crippen LogP contribution is -2.43. The Hall–Kier alpha value is -1.26. The van der Waals surface area contributed by atoms with E-state index in [-0.39, 0.29) is 30.6 Å². The van der Waals surface area contributed by atoms with Crippen LogP contribution in [0.2, 0.25) is 20.1 Å². The maximum Gasteiger partial charge on any atom is 0.234 e. The Morgan fingerprint density at radius 3 is 1.83 bits per heavy atom. The molecule has 0 aromatic heterocycles. The molecule has 2 amide bonds. The van der Waals surface area contributed by atoms with Crippen molar-refractivity contribution in [3.8, 4) is 0 Å². The SMILES string of the molecule is O=C1CC(c2c(Cl)cccc2Cl)CC(=O)N1c1cc(Cl)cc(Cl)c1. The maximum atomic E-state index is 12.6. The molecule has 1 fully saturated rings. The molecule has 0 aliphatic carbocycles. The minimum atomic E-state index is -0.350. The molecule has 124 valence electrons.